The molecule has 0 fully saturated rings. The Morgan fingerprint density at radius 2 is 1.86 bits per heavy atom. The van der Waals surface area contributed by atoms with E-state index in [0.29, 0.717) is 5.39 Å². The first-order chi connectivity index (χ1) is 10.5. The number of benzene rings is 2. The second kappa shape index (κ2) is 5.38. The van der Waals surface area contributed by atoms with Crippen LogP contribution < -0.4 is 4.74 Å². The highest BCUT2D eigenvalue weighted by Gasteiger charge is 2.22. The van der Waals surface area contributed by atoms with Gasteiger partial charge in [-0.2, -0.15) is 0 Å². The molecule has 0 aliphatic heterocycles. The lowest BCUT2D eigenvalue weighted by Crippen LogP contribution is -2.05. The zero-order valence-corrected chi connectivity index (χ0v) is 12.5. The summed E-state index contributed by atoms with van der Waals surface area (Å²) in [5, 5.41) is 0.427. The molecule has 3 rings (SSSR count). The van der Waals surface area contributed by atoms with E-state index in [1.54, 1.807) is 24.3 Å². The number of methoxy groups -OCH3 is 1. The lowest BCUT2D eigenvalue weighted by molar-refractivity contribution is 0.402. The highest BCUT2D eigenvalue weighted by molar-refractivity contribution is 7.91. The Balaban J connectivity index is 2.21. The maximum Gasteiger partial charge on any atom is 0.211 e. The molecule has 22 heavy (non-hydrogen) atoms. The van der Waals surface area contributed by atoms with Gasteiger partial charge in [-0.1, -0.05) is 24.3 Å². The summed E-state index contributed by atoms with van der Waals surface area (Å²) in [7, 11) is -2.39. The van der Waals surface area contributed by atoms with Gasteiger partial charge in [0.1, 0.15) is 22.0 Å². The number of aromatic nitrogens is 1. The third-order valence-corrected chi connectivity index (χ3v) is 5.07. The molecule has 0 saturated heterocycles. The molecular formula is C16H12FNO3S. The quantitative estimate of drug-likeness (QED) is 0.744. The summed E-state index contributed by atoms with van der Waals surface area (Å²) in [6.45, 7) is 0. The fourth-order valence-electron chi connectivity index (χ4n) is 2.22. The fraction of sp³-hybridized carbons (Fsp3) is 0.0625. The largest absolute Gasteiger partial charge is 0.495 e. The Morgan fingerprint density at radius 1 is 1.09 bits per heavy atom. The van der Waals surface area contributed by atoms with Gasteiger partial charge in [0.15, 0.2) is 0 Å². The van der Waals surface area contributed by atoms with Gasteiger partial charge in [0, 0.05) is 11.6 Å². The first-order valence-electron chi connectivity index (χ1n) is 6.46. The summed E-state index contributed by atoms with van der Waals surface area (Å²) in [5.74, 6) is -0.236. The predicted octanol–water partition coefficient (Wildman–Crippen LogP) is 3.22. The molecule has 112 valence electrons. The standard InChI is InChI=1S/C16H12FNO3S/c1-21-14-7-2-3-8-15(14)22(19,20)12-9-11-5-4-6-13(17)16(11)18-10-12/h2-10H,1H3. The molecule has 0 bridgehead atoms. The van der Waals surface area contributed by atoms with E-state index in [2.05, 4.69) is 4.98 Å². The predicted molar refractivity (Wildman–Crippen MR) is 80.1 cm³/mol. The smallest absolute Gasteiger partial charge is 0.211 e. The number of halogens is 1. The van der Waals surface area contributed by atoms with E-state index in [-0.39, 0.29) is 21.1 Å². The van der Waals surface area contributed by atoms with Crippen LogP contribution in [0.15, 0.2) is 64.5 Å². The number of nitrogens with zero attached hydrogens (tertiary/aromatic N) is 1. The number of fused-ring (bicyclic) bond motifs is 1. The van der Waals surface area contributed by atoms with Gasteiger partial charge >= 0.3 is 0 Å². The van der Waals surface area contributed by atoms with Gasteiger partial charge in [-0.05, 0) is 24.3 Å². The lowest BCUT2D eigenvalue weighted by atomic mass is 10.2. The Bertz CT molecular complexity index is 955. The Labute approximate surface area is 127 Å². The van der Waals surface area contributed by atoms with Crippen LogP contribution in [0.25, 0.3) is 10.9 Å². The summed E-state index contributed by atoms with van der Waals surface area (Å²) in [6.07, 6.45) is 1.16. The second-order valence-electron chi connectivity index (χ2n) is 4.64. The summed E-state index contributed by atoms with van der Waals surface area (Å²) < 4.78 is 44.2. The van der Waals surface area contributed by atoms with Crippen molar-refractivity contribution in [3.05, 3.63) is 60.5 Å². The Kier molecular flexibility index (Phi) is 3.54. The molecule has 0 radical (unpaired) electrons. The van der Waals surface area contributed by atoms with Crippen molar-refractivity contribution in [1.29, 1.82) is 0 Å². The molecule has 0 N–H and O–H groups in total. The van der Waals surface area contributed by atoms with Crippen LogP contribution in [0, 0.1) is 5.82 Å². The number of rotatable bonds is 3. The van der Waals surface area contributed by atoms with Gasteiger partial charge in [-0.25, -0.2) is 12.8 Å². The summed E-state index contributed by atoms with van der Waals surface area (Å²) in [4.78, 5) is 3.98. The van der Waals surface area contributed by atoms with E-state index in [9.17, 15) is 12.8 Å². The van der Waals surface area contributed by atoms with Crippen molar-refractivity contribution in [3.8, 4) is 5.75 Å². The molecule has 0 atom stereocenters. The highest BCUT2D eigenvalue weighted by atomic mass is 32.2. The minimum absolute atomic E-state index is 0.00454. The molecule has 4 nitrogen and oxygen atoms in total. The van der Waals surface area contributed by atoms with Crippen molar-refractivity contribution in [3.63, 3.8) is 0 Å². The Hall–Kier alpha value is -2.47. The zero-order chi connectivity index (χ0) is 15.7. The van der Waals surface area contributed by atoms with E-state index in [1.165, 1.54) is 31.4 Å². The van der Waals surface area contributed by atoms with Gasteiger partial charge in [0.25, 0.3) is 0 Å². The van der Waals surface area contributed by atoms with Crippen molar-refractivity contribution in [2.75, 3.05) is 7.11 Å². The van der Waals surface area contributed by atoms with Crippen LogP contribution in [0.2, 0.25) is 0 Å². The minimum Gasteiger partial charge on any atom is -0.495 e. The van der Waals surface area contributed by atoms with Crippen molar-refractivity contribution >= 4 is 20.7 Å². The molecular weight excluding hydrogens is 305 g/mol. The molecule has 3 aromatic rings. The fourth-order valence-corrected chi connectivity index (χ4v) is 3.62. The number of para-hydroxylation sites is 2. The number of sulfone groups is 1. The third-order valence-electron chi connectivity index (χ3n) is 3.31. The molecule has 1 aromatic heterocycles. The van der Waals surface area contributed by atoms with Gasteiger partial charge in [-0.3, -0.25) is 4.98 Å². The maximum absolute atomic E-state index is 13.6. The average Bonchev–Trinajstić information content (AvgIpc) is 2.54. The highest BCUT2D eigenvalue weighted by Crippen LogP contribution is 2.30. The molecule has 0 aliphatic rings. The third kappa shape index (κ3) is 2.31. The van der Waals surface area contributed by atoms with Crippen LogP contribution in [0.5, 0.6) is 5.75 Å². The van der Waals surface area contributed by atoms with Crippen LogP contribution in [-0.2, 0) is 9.84 Å². The summed E-state index contributed by atoms with van der Waals surface area (Å²) in [5.41, 5.74) is 0.140. The minimum atomic E-state index is -3.80. The van der Waals surface area contributed by atoms with Crippen LogP contribution in [0.3, 0.4) is 0 Å². The molecule has 1 heterocycles. The van der Waals surface area contributed by atoms with Crippen LogP contribution in [-0.4, -0.2) is 20.5 Å². The first-order valence-corrected chi connectivity index (χ1v) is 7.95. The van der Waals surface area contributed by atoms with E-state index < -0.39 is 15.7 Å². The second-order valence-corrected chi connectivity index (χ2v) is 6.55. The van der Waals surface area contributed by atoms with Crippen LogP contribution >= 0.6 is 0 Å². The van der Waals surface area contributed by atoms with Crippen molar-refractivity contribution in [1.82, 2.24) is 4.98 Å². The SMILES string of the molecule is COc1ccccc1S(=O)(=O)c1cnc2c(F)cccc2c1. The topological polar surface area (TPSA) is 56.3 Å². The van der Waals surface area contributed by atoms with Gasteiger partial charge < -0.3 is 4.74 Å². The van der Waals surface area contributed by atoms with Gasteiger partial charge in [-0.15, -0.1) is 0 Å². The van der Waals surface area contributed by atoms with Crippen molar-refractivity contribution in [2.24, 2.45) is 0 Å². The monoisotopic (exact) mass is 317 g/mol. The molecule has 2 aromatic carbocycles. The Morgan fingerprint density at radius 3 is 2.64 bits per heavy atom. The van der Waals surface area contributed by atoms with E-state index in [0.717, 1.165) is 6.20 Å². The molecule has 6 heteroatoms. The normalized spacial score (nSPS) is 11.5. The average molecular weight is 317 g/mol. The number of hydrogen-bond donors (Lipinski definition) is 0. The van der Waals surface area contributed by atoms with Crippen LogP contribution in [0.1, 0.15) is 0 Å². The van der Waals surface area contributed by atoms with Crippen molar-refractivity contribution < 1.29 is 17.5 Å². The first kappa shape index (κ1) is 14.5. The van der Waals surface area contributed by atoms with Gasteiger partial charge in [0.05, 0.1) is 12.0 Å². The van der Waals surface area contributed by atoms with E-state index >= 15 is 0 Å². The number of pyridine rings is 1. The molecule has 0 amide bonds. The summed E-state index contributed by atoms with van der Waals surface area (Å²) in [6, 6.07) is 12.2. The molecule has 0 spiro atoms. The maximum atomic E-state index is 13.6. The summed E-state index contributed by atoms with van der Waals surface area (Å²) >= 11 is 0. The van der Waals surface area contributed by atoms with Gasteiger partial charge in [0.2, 0.25) is 9.84 Å². The van der Waals surface area contributed by atoms with E-state index in [4.69, 9.17) is 4.74 Å². The lowest BCUT2D eigenvalue weighted by Gasteiger charge is -2.09. The molecule has 0 aliphatic carbocycles. The number of ether oxygens (including phenoxy) is 1. The van der Waals surface area contributed by atoms with Crippen molar-refractivity contribution in [2.45, 2.75) is 9.79 Å². The molecule has 0 unspecified atom stereocenters. The molecule has 0 saturated carbocycles. The van der Waals surface area contributed by atoms with Crippen LogP contribution in [0.4, 0.5) is 4.39 Å². The zero-order valence-electron chi connectivity index (χ0n) is 11.7. The number of hydrogen-bond acceptors (Lipinski definition) is 4. The van der Waals surface area contributed by atoms with E-state index in [1.807, 2.05) is 0 Å².